The summed E-state index contributed by atoms with van der Waals surface area (Å²) < 4.78 is 44.4. The largest absolute Gasteiger partial charge is 0.500 e. The van der Waals surface area contributed by atoms with Gasteiger partial charge in [-0.25, -0.2) is 0 Å². The fourth-order valence-corrected chi connectivity index (χ4v) is 7.68. The van der Waals surface area contributed by atoms with Gasteiger partial charge in [0.15, 0.2) is 0 Å². The Labute approximate surface area is 299 Å². The maximum atomic E-state index is 5.86. The van der Waals surface area contributed by atoms with Crippen molar-refractivity contribution < 1.29 is 37.0 Å². The minimum absolute atomic E-state index is 0.696. The molecule has 0 bridgehead atoms. The molecule has 0 aliphatic heterocycles. The second-order valence-corrected chi connectivity index (χ2v) is 16.4. The summed E-state index contributed by atoms with van der Waals surface area (Å²) in [7, 11) is 4.43. The summed E-state index contributed by atoms with van der Waals surface area (Å²) in [5.74, 6) is 0. The third kappa shape index (κ3) is 35.7. The van der Waals surface area contributed by atoms with E-state index in [0.717, 1.165) is 65.1 Å². The van der Waals surface area contributed by atoms with E-state index in [2.05, 4.69) is 0 Å². The van der Waals surface area contributed by atoms with Gasteiger partial charge in [-0.1, -0.05) is 109 Å². The van der Waals surface area contributed by atoms with Gasteiger partial charge in [-0.05, 0) is 51.4 Å². The molecule has 0 N–H and O–H groups in total. The first-order chi connectivity index (χ1) is 23.7. The van der Waals surface area contributed by atoms with Crippen molar-refractivity contribution in [3.05, 3.63) is 0 Å². The molecule has 0 aromatic heterocycles. The molecular formula is C39H82O8Si. The summed E-state index contributed by atoms with van der Waals surface area (Å²) in [4.78, 5) is 0. The second kappa shape index (κ2) is 41.3. The highest BCUT2D eigenvalue weighted by atomic mass is 28.4. The molecule has 290 valence electrons. The van der Waals surface area contributed by atoms with Crippen molar-refractivity contribution in [1.82, 2.24) is 0 Å². The number of rotatable bonds is 43. The SMILES string of the molecule is COCCOCCCCCCCCOCCCCCCOCCCCCCCCOCCCCCCCCCCC[Si](OC)(OC)OC. The van der Waals surface area contributed by atoms with Gasteiger partial charge in [0.25, 0.3) is 0 Å². The number of hydrogen-bond acceptors (Lipinski definition) is 8. The minimum atomic E-state index is -2.37. The lowest BCUT2D eigenvalue weighted by atomic mass is 10.1. The smallest absolute Gasteiger partial charge is 0.382 e. The molecule has 0 saturated heterocycles. The zero-order valence-electron chi connectivity index (χ0n) is 32.5. The third-order valence-electron chi connectivity index (χ3n) is 9.12. The van der Waals surface area contributed by atoms with Gasteiger partial charge in [0.1, 0.15) is 0 Å². The minimum Gasteiger partial charge on any atom is -0.382 e. The van der Waals surface area contributed by atoms with Crippen LogP contribution in [0.2, 0.25) is 6.04 Å². The van der Waals surface area contributed by atoms with Gasteiger partial charge in [0, 0.05) is 80.7 Å². The first kappa shape index (κ1) is 47.9. The van der Waals surface area contributed by atoms with Crippen LogP contribution in [-0.2, 0) is 37.0 Å². The molecule has 8 nitrogen and oxygen atoms in total. The molecule has 0 atom stereocenters. The Morgan fingerprint density at radius 1 is 0.250 bits per heavy atom. The molecule has 0 amide bonds. The van der Waals surface area contributed by atoms with Crippen molar-refractivity contribution >= 4 is 8.80 Å². The number of ether oxygens (including phenoxy) is 5. The predicted molar refractivity (Wildman–Crippen MR) is 202 cm³/mol. The van der Waals surface area contributed by atoms with Crippen LogP contribution in [0.1, 0.15) is 161 Å². The van der Waals surface area contributed by atoms with Crippen molar-refractivity contribution in [2.24, 2.45) is 0 Å². The van der Waals surface area contributed by atoms with E-state index in [4.69, 9.17) is 37.0 Å². The molecule has 0 aliphatic carbocycles. The average molecular weight is 707 g/mol. The lowest BCUT2D eigenvalue weighted by molar-refractivity contribution is 0.0685. The maximum absolute atomic E-state index is 5.86. The molecule has 0 aromatic carbocycles. The predicted octanol–water partition coefficient (Wildman–Crippen LogP) is 10.3. The highest BCUT2D eigenvalue weighted by molar-refractivity contribution is 6.60. The van der Waals surface area contributed by atoms with Crippen molar-refractivity contribution in [3.8, 4) is 0 Å². The summed E-state index contributed by atoms with van der Waals surface area (Å²) in [6.07, 6.45) is 31.6. The summed E-state index contributed by atoms with van der Waals surface area (Å²) in [6.45, 7) is 7.82. The summed E-state index contributed by atoms with van der Waals surface area (Å²) >= 11 is 0. The molecule has 0 fully saturated rings. The van der Waals surface area contributed by atoms with Crippen LogP contribution in [0, 0.1) is 0 Å². The monoisotopic (exact) mass is 707 g/mol. The Hall–Kier alpha value is -0.103. The molecule has 9 heteroatoms. The Balaban J connectivity index is 3.11. The van der Waals surface area contributed by atoms with Crippen LogP contribution >= 0.6 is 0 Å². The maximum Gasteiger partial charge on any atom is 0.500 e. The fourth-order valence-electron chi connectivity index (χ4n) is 5.88. The Kier molecular flexibility index (Phi) is 41.2. The van der Waals surface area contributed by atoms with Crippen LogP contribution in [0.15, 0.2) is 0 Å². The number of hydrogen-bond donors (Lipinski definition) is 0. The lowest BCUT2D eigenvalue weighted by Gasteiger charge is -2.24. The highest BCUT2D eigenvalue weighted by Gasteiger charge is 2.36. The lowest BCUT2D eigenvalue weighted by Crippen LogP contribution is -2.42. The van der Waals surface area contributed by atoms with E-state index in [1.54, 1.807) is 28.4 Å². The molecule has 0 aromatic rings. The quantitative estimate of drug-likeness (QED) is 0.0458. The van der Waals surface area contributed by atoms with Gasteiger partial charge < -0.3 is 37.0 Å². The molecule has 0 aliphatic rings. The number of methoxy groups -OCH3 is 1. The normalized spacial score (nSPS) is 12.0. The molecule has 0 heterocycles. The van der Waals surface area contributed by atoms with Gasteiger partial charge in [-0.3, -0.25) is 0 Å². The van der Waals surface area contributed by atoms with E-state index >= 15 is 0 Å². The topological polar surface area (TPSA) is 73.8 Å². The van der Waals surface area contributed by atoms with Crippen LogP contribution in [0.3, 0.4) is 0 Å². The van der Waals surface area contributed by atoms with Crippen LogP contribution in [0.5, 0.6) is 0 Å². The summed E-state index contributed by atoms with van der Waals surface area (Å²) in [5, 5.41) is 0. The molecular weight excluding hydrogens is 625 g/mol. The van der Waals surface area contributed by atoms with Crippen LogP contribution in [0.4, 0.5) is 0 Å². The molecule has 0 rings (SSSR count). The fraction of sp³-hybridized carbons (Fsp3) is 1.00. The van der Waals surface area contributed by atoms with Crippen LogP contribution in [-0.4, -0.2) is 96.7 Å². The Bertz CT molecular complexity index is 574. The van der Waals surface area contributed by atoms with E-state index in [1.165, 1.54) is 148 Å². The summed E-state index contributed by atoms with van der Waals surface area (Å²) in [5.41, 5.74) is 0. The molecule has 0 saturated carbocycles. The van der Waals surface area contributed by atoms with Crippen LogP contribution in [0.25, 0.3) is 0 Å². The van der Waals surface area contributed by atoms with E-state index in [-0.39, 0.29) is 0 Å². The first-order valence-corrected chi connectivity index (χ1v) is 22.1. The van der Waals surface area contributed by atoms with Crippen molar-refractivity contribution in [2.75, 3.05) is 87.9 Å². The Morgan fingerprint density at radius 3 is 0.729 bits per heavy atom. The second-order valence-electron chi connectivity index (χ2n) is 13.3. The van der Waals surface area contributed by atoms with Gasteiger partial charge in [0.2, 0.25) is 0 Å². The highest BCUT2D eigenvalue weighted by Crippen LogP contribution is 2.18. The standard InChI is InChI=1S/C39H82O8Si/c1-40-37-38-47-36-26-18-12-11-17-25-33-46-35-28-20-19-27-34-45-32-24-16-10-9-15-23-31-44-30-22-14-8-6-5-7-13-21-29-39-48(41-2,42-3)43-4/h5-39H2,1-4H3. The van der Waals surface area contributed by atoms with Crippen LogP contribution < -0.4 is 0 Å². The van der Waals surface area contributed by atoms with Crippen molar-refractivity contribution in [2.45, 2.75) is 167 Å². The molecule has 0 unspecified atom stereocenters. The molecule has 0 spiro atoms. The van der Waals surface area contributed by atoms with Crippen molar-refractivity contribution in [3.63, 3.8) is 0 Å². The van der Waals surface area contributed by atoms with Crippen molar-refractivity contribution in [1.29, 1.82) is 0 Å². The molecule has 48 heavy (non-hydrogen) atoms. The van der Waals surface area contributed by atoms with Gasteiger partial charge >= 0.3 is 8.80 Å². The van der Waals surface area contributed by atoms with E-state index in [9.17, 15) is 0 Å². The first-order valence-electron chi connectivity index (χ1n) is 20.2. The van der Waals surface area contributed by atoms with Gasteiger partial charge in [-0.15, -0.1) is 0 Å². The number of unbranched alkanes of at least 4 members (excludes halogenated alkanes) is 21. The zero-order chi connectivity index (χ0) is 34.9. The summed E-state index contributed by atoms with van der Waals surface area (Å²) in [6, 6.07) is 0.917. The van der Waals surface area contributed by atoms with E-state index in [0.29, 0.717) is 13.2 Å². The third-order valence-corrected chi connectivity index (χ3v) is 12.0. The van der Waals surface area contributed by atoms with E-state index < -0.39 is 8.80 Å². The molecule has 0 radical (unpaired) electrons. The zero-order valence-corrected chi connectivity index (χ0v) is 33.5. The Morgan fingerprint density at radius 2 is 0.479 bits per heavy atom. The average Bonchev–Trinajstić information content (AvgIpc) is 3.11. The van der Waals surface area contributed by atoms with Gasteiger partial charge in [-0.2, -0.15) is 0 Å². The van der Waals surface area contributed by atoms with Gasteiger partial charge in [0.05, 0.1) is 13.2 Å². The van der Waals surface area contributed by atoms with E-state index in [1.807, 2.05) is 0 Å².